The van der Waals surface area contributed by atoms with Crippen LogP contribution in [0.2, 0.25) is 5.02 Å². The Hall–Kier alpha value is -1.52. The van der Waals surface area contributed by atoms with Gasteiger partial charge in [0.2, 0.25) is 0 Å². The van der Waals surface area contributed by atoms with Crippen molar-refractivity contribution in [1.82, 2.24) is 19.3 Å². The summed E-state index contributed by atoms with van der Waals surface area (Å²) in [5.41, 5.74) is 3.09. The molecule has 20 heavy (non-hydrogen) atoms. The molecule has 0 saturated heterocycles. The van der Waals surface area contributed by atoms with Gasteiger partial charge < -0.3 is 4.57 Å². The molecular weight excluding hydrogens is 295 g/mol. The summed E-state index contributed by atoms with van der Waals surface area (Å²) in [6.07, 6.45) is 2.53. The van der Waals surface area contributed by atoms with E-state index in [9.17, 15) is 0 Å². The Bertz CT molecular complexity index is 745. The molecule has 0 unspecified atom stereocenters. The first kappa shape index (κ1) is 13.5. The smallest absolute Gasteiger partial charge is 0.111 e. The number of aryl methyl sites for hydroxylation is 2. The number of fused-ring (bicyclic) bond motifs is 1. The van der Waals surface area contributed by atoms with Crippen LogP contribution >= 0.6 is 23.2 Å². The molecule has 0 amide bonds. The quantitative estimate of drug-likeness (QED) is 0.694. The molecule has 0 aliphatic rings. The van der Waals surface area contributed by atoms with E-state index in [0.717, 1.165) is 35.5 Å². The van der Waals surface area contributed by atoms with E-state index in [2.05, 4.69) is 14.6 Å². The average molecular weight is 309 g/mol. The Morgan fingerprint density at radius 3 is 2.80 bits per heavy atom. The third-order valence-corrected chi connectivity index (χ3v) is 3.77. The lowest BCUT2D eigenvalue weighted by atomic mass is 10.3. The Morgan fingerprint density at radius 2 is 2.10 bits per heavy atom. The first-order chi connectivity index (χ1) is 9.69. The van der Waals surface area contributed by atoms with E-state index in [-0.39, 0.29) is 0 Å². The number of hydrogen-bond acceptors (Lipinski definition) is 2. The summed E-state index contributed by atoms with van der Waals surface area (Å²) in [6.45, 7) is 0.723. The van der Waals surface area contributed by atoms with Crippen molar-refractivity contribution < 1.29 is 0 Å². The van der Waals surface area contributed by atoms with Gasteiger partial charge in [-0.3, -0.25) is 4.68 Å². The molecule has 0 aliphatic heterocycles. The van der Waals surface area contributed by atoms with Crippen molar-refractivity contribution in [2.45, 2.75) is 13.0 Å². The number of halogens is 2. The third-order valence-electron chi connectivity index (χ3n) is 3.35. The van der Waals surface area contributed by atoms with E-state index >= 15 is 0 Å². The van der Waals surface area contributed by atoms with Crippen molar-refractivity contribution in [2.75, 3.05) is 5.88 Å². The minimum absolute atomic E-state index is 0.544. The summed E-state index contributed by atoms with van der Waals surface area (Å²) >= 11 is 11.9. The van der Waals surface area contributed by atoms with Gasteiger partial charge >= 0.3 is 0 Å². The second kappa shape index (κ2) is 5.46. The number of imidazole rings is 1. The van der Waals surface area contributed by atoms with E-state index < -0.39 is 0 Å². The van der Waals surface area contributed by atoms with Gasteiger partial charge in [-0.05, 0) is 24.3 Å². The lowest BCUT2D eigenvalue weighted by molar-refractivity contribution is 0.657. The predicted molar refractivity (Wildman–Crippen MR) is 81.5 cm³/mol. The topological polar surface area (TPSA) is 35.6 Å². The van der Waals surface area contributed by atoms with Crippen molar-refractivity contribution in [1.29, 1.82) is 0 Å². The van der Waals surface area contributed by atoms with Crippen LogP contribution in [0, 0.1) is 0 Å². The summed E-state index contributed by atoms with van der Waals surface area (Å²) in [6, 6.07) is 7.77. The normalized spacial score (nSPS) is 11.3. The number of aromatic nitrogens is 4. The molecule has 3 aromatic rings. The summed E-state index contributed by atoms with van der Waals surface area (Å²) in [7, 11) is 1.94. The molecule has 1 aromatic carbocycles. The standard InChI is InChI=1S/C14H14Cl2N4/c1-19-11(5-7-17-19)9-20-13-3-2-10(16)8-12(13)18-14(20)4-6-15/h2-3,5,7-8H,4,6,9H2,1H3. The van der Waals surface area contributed by atoms with Crippen LogP contribution in [0.1, 0.15) is 11.5 Å². The third kappa shape index (κ3) is 2.41. The summed E-state index contributed by atoms with van der Waals surface area (Å²) in [4.78, 5) is 4.64. The molecule has 4 nitrogen and oxygen atoms in total. The highest BCUT2D eigenvalue weighted by atomic mass is 35.5. The summed E-state index contributed by atoms with van der Waals surface area (Å²) in [5, 5.41) is 4.90. The first-order valence-electron chi connectivity index (χ1n) is 6.36. The Labute approximate surface area is 126 Å². The molecule has 2 aromatic heterocycles. The fourth-order valence-corrected chi connectivity index (χ4v) is 2.66. The van der Waals surface area contributed by atoms with E-state index in [1.807, 2.05) is 36.0 Å². The second-order valence-corrected chi connectivity index (χ2v) is 5.45. The van der Waals surface area contributed by atoms with Gasteiger partial charge in [0.25, 0.3) is 0 Å². The largest absolute Gasteiger partial charge is 0.322 e. The van der Waals surface area contributed by atoms with E-state index in [0.29, 0.717) is 10.9 Å². The van der Waals surface area contributed by atoms with Crippen LogP contribution in [0.15, 0.2) is 30.5 Å². The first-order valence-corrected chi connectivity index (χ1v) is 7.28. The van der Waals surface area contributed by atoms with Crippen LogP contribution in [-0.2, 0) is 20.0 Å². The summed E-state index contributed by atoms with van der Waals surface area (Å²) < 4.78 is 4.04. The van der Waals surface area contributed by atoms with Crippen molar-refractivity contribution in [2.24, 2.45) is 7.05 Å². The molecule has 0 saturated carbocycles. The number of nitrogens with zero attached hydrogens (tertiary/aromatic N) is 4. The van der Waals surface area contributed by atoms with Gasteiger partial charge in [-0.1, -0.05) is 11.6 Å². The molecule has 0 atom stereocenters. The van der Waals surface area contributed by atoms with Gasteiger partial charge in [-0.25, -0.2) is 4.98 Å². The fourth-order valence-electron chi connectivity index (χ4n) is 2.32. The van der Waals surface area contributed by atoms with E-state index in [1.54, 1.807) is 6.20 Å². The zero-order chi connectivity index (χ0) is 14.1. The fraction of sp³-hybridized carbons (Fsp3) is 0.286. The maximum absolute atomic E-state index is 6.04. The number of benzene rings is 1. The lowest BCUT2D eigenvalue weighted by Gasteiger charge is -2.09. The molecule has 2 heterocycles. The number of hydrogen-bond donors (Lipinski definition) is 0. The monoisotopic (exact) mass is 308 g/mol. The molecule has 6 heteroatoms. The Morgan fingerprint density at radius 1 is 1.25 bits per heavy atom. The van der Waals surface area contributed by atoms with E-state index in [4.69, 9.17) is 23.2 Å². The lowest BCUT2D eigenvalue weighted by Crippen LogP contribution is -2.09. The van der Waals surface area contributed by atoms with Crippen molar-refractivity contribution >= 4 is 34.2 Å². The van der Waals surface area contributed by atoms with Gasteiger partial charge in [0.05, 0.1) is 23.3 Å². The second-order valence-electron chi connectivity index (χ2n) is 4.63. The highest BCUT2D eigenvalue weighted by Crippen LogP contribution is 2.22. The van der Waals surface area contributed by atoms with Crippen LogP contribution in [0.5, 0.6) is 0 Å². The van der Waals surface area contributed by atoms with Crippen molar-refractivity contribution in [3.8, 4) is 0 Å². The minimum atomic E-state index is 0.544. The Kier molecular flexibility index (Phi) is 3.68. The van der Waals surface area contributed by atoms with Crippen LogP contribution < -0.4 is 0 Å². The van der Waals surface area contributed by atoms with Gasteiger partial charge in [-0.2, -0.15) is 5.10 Å². The molecule has 0 fully saturated rings. The minimum Gasteiger partial charge on any atom is -0.322 e. The van der Waals surface area contributed by atoms with Crippen LogP contribution in [0.4, 0.5) is 0 Å². The molecule has 0 spiro atoms. The molecule has 0 aliphatic carbocycles. The highest BCUT2D eigenvalue weighted by molar-refractivity contribution is 6.31. The molecule has 0 N–H and O–H groups in total. The van der Waals surface area contributed by atoms with E-state index in [1.165, 1.54) is 0 Å². The van der Waals surface area contributed by atoms with Gasteiger partial charge in [0, 0.05) is 30.6 Å². The molecule has 0 radical (unpaired) electrons. The number of rotatable bonds is 4. The molecular formula is C14H14Cl2N4. The van der Waals surface area contributed by atoms with Gasteiger partial charge in [-0.15, -0.1) is 11.6 Å². The molecule has 104 valence electrons. The van der Waals surface area contributed by atoms with Crippen LogP contribution in [0.25, 0.3) is 11.0 Å². The van der Waals surface area contributed by atoms with Crippen LogP contribution in [0.3, 0.4) is 0 Å². The molecule has 3 rings (SSSR count). The van der Waals surface area contributed by atoms with Gasteiger partial charge in [0.15, 0.2) is 0 Å². The van der Waals surface area contributed by atoms with Crippen LogP contribution in [-0.4, -0.2) is 25.2 Å². The Balaban J connectivity index is 2.11. The zero-order valence-electron chi connectivity index (χ0n) is 11.1. The maximum Gasteiger partial charge on any atom is 0.111 e. The van der Waals surface area contributed by atoms with Gasteiger partial charge in [0.1, 0.15) is 5.82 Å². The summed E-state index contributed by atoms with van der Waals surface area (Å²) in [5.74, 6) is 1.51. The maximum atomic E-state index is 6.04. The predicted octanol–water partition coefficient (Wildman–Crippen LogP) is 3.25. The zero-order valence-corrected chi connectivity index (χ0v) is 12.6. The highest BCUT2D eigenvalue weighted by Gasteiger charge is 2.12. The average Bonchev–Trinajstić information content (AvgIpc) is 2.96. The van der Waals surface area contributed by atoms with Crippen molar-refractivity contribution in [3.05, 3.63) is 47.0 Å². The SMILES string of the molecule is Cn1nccc1Cn1c(CCCl)nc2cc(Cl)ccc21. The van der Waals surface area contributed by atoms with Crippen molar-refractivity contribution in [3.63, 3.8) is 0 Å². The molecule has 0 bridgehead atoms. The number of alkyl halides is 1.